The predicted octanol–water partition coefficient (Wildman–Crippen LogP) is 7.80. The van der Waals surface area contributed by atoms with Gasteiger partial charge in [0.05, 0.1) is 24.4 Å². The number of hydrogen-bond acceptors (Lipinski definition) is 5. The average molecular weight is 569 g/mol. The number of benzene rings is 3. The fourth-order valence-electron chi connectivity index (χ4n) is 4.67. The van der Waals surface area contributed by atoms with Crippen LogP contribution in [0.15, 0.2) is 84.9 Å². The molecule has 5 nitrogen and oxygen atoms in total. The van der Waals surface area contributed by atoms with E-state index in [1.54, 1.807) is 7.11 Å². The van der Waals surface area contributed by atoms with Crippen molar-refractivity contribution in [2.75, 3.05) is 20.2 Å². The van der Waals surface area contributed by atoms with Crippen LogP contribution in [-0.2, 0) is 26.4 Å². The van der Waals surface area contributed by atoms with E-state index in [9.17, 15) is 0 Å². The highest BCUT2D eigenvalue weighted by atomic mass is 32.5. The molecular weight excluding hydrogens is 523 g/mol. The van der Waals surface area contributed by atoms with Gasteiger partial charge in [-0.05, 0) is 94.6 Å². The number of nitrogens with one attached hydrogen (secondary N) is 2. The summed E-state index contributed by atoms with van der Waals surface area (Å²) in [7, 11) is 1.70. The zero-order valence-corrected chi connectivity index (χ0v) is 26.0. The molecular formula is C32H45N2O3PS. The first-order valence-corrected chi connectivity index (χ1v) is 16.5. The van der Waals surface area contributed by atoms with Gasteiger partial charge in [0, 0.05) is 6.54 Å². The van der Waals surface area contributed by atoms with Crippen LogP contribution in [0.1, 0.15) is 70.6 Å². The normalized spacial score (nSPS) is 13.8. The first-order valence-electron chi connectivity index (χ1n) is 13.8. The van der Waals surface area contributed by atoms with Crippen molar-refractivity contribution in [3.8, 4) is 5.75 Å². The van der Waals surface area contributed by atoms with E-state index in [2.05, 4.69) is 83.2 Å². The van der Waals surface area contributed by atoms with Gasteiger partial charge in [-0.3, -0.25) is 5.32 Å². The second kappa shape index (κ2) is 14.5. The highest BCUT2D eigenvalue weighted by Crippen LogP contribution is 2.49. The smallest absolute Gasteiger partial charge is 0.261 e. The fourth-order valence-corrected chi connectivity index (χ4v) is 8.02. The molecule has 1 unspecified atom stereocenters. The van der Waals surface area contributed by atoms with Crippen LogP contribution >= 0.6 is 6.64 Å². The lowest BCUT2D eigenvalue weighted by atomic mass is 9.77. The van der Waals surface area contributed by atoms with Gasteiger partial charge in [0.2, 0.25) is 0 Å². The summed E-state index contributed by atoms with van der Waals surface area (Å²) in [5.74, 6) is 0.846. The van der Waals surface area contributed by atoms with Gasteiger partial charge in [0.25, 0.3) is 6.64 Å². The summed E-state index contributed by atoms with van der Waals surface area (Å²) in [5, 5.41) is 7.39. The molecule has 0 amide bonds. The molecule has 212 valence electrons. The van der Waals surface area contributed by atoms with Gasteiger partial charge in [0.15, 0.2) is 0 Å². The van der Waals surface area contributed by atoms with E-state index in [-0.39, 0.29) is 11.7 Å². The molecule has 0 radical (unpaired) electrons. The lowest BCUT2D eigenvalue weighted by molar-refractivity contribution is 0.101. The molecule has 3 aromatic rings. The minimum absolute atomic E-state index is 0.0111. The summed E-state index contributed by atoms with van der Waals surface area (Å²) < 4.78 is 17.6. The molecule has 0 saturated heterocycles. The highest BCUT2D eigenvalue weighted by molar-refractivity contribution is 8.09. The van der Waals surface area contributed by atoms with Gasteiger partial charge < -0.3 is 13.8 Å². The van der Waals surface area contributed by atoms with Crippen molar-refractivity contribution in [2.24, 2.45) is 0 Å². The molecule has 7 heteroatoms. The zero-order chi connectivity index (χ0) is 28.4. The third-order valence-corrected chi connectivity index (χ3v) is 9.20. The molecule has 0 bridgehead atoms. The van der Waals surface area contributed by atoms with Gasteiger partial charge in [-0.2, -0.15) is 0 Å². The van der Waals surface area contributed by atoms with Crippen molar-refractivity contribution >= 4 is 18.4 Å². The van der Waals surface area contributed by atoms with Crippen molar-refractivity contribution in [1.29, 1.82) is 0 Å². The van der Waals surface area contributed by atoms with Crippen LogP contribution in [-0.4, -0.2) is 31.9 Å². The molecule has 0 spiro atoms. The Kier molecular flexibility index (Phi) is 11.7. The maximum absolute atomic E-state index is 6.14. The Labute approximate surface area is 240 Å². The first-order chi connectivity index (χ1) is 18.6. The van der Waals surface area contributed by atoms with Crippen molar-refractivity contribution in [1.82, 2.24) is 10.4 Å². The lowest BCUT2D eigenvalue weighted by Crippen LogP contribution is -2.45. The highest BCUT2D eigenvalue weighted by Gasteiger charge is 2.35. The van der Waals surface area contributed by atoms with E-state index in [1.165, 1.54) is 16.7 Å². The van der Waals surface area contributed by atoms with Gasteiger partial charge in [-0.1, -0.05) is 79.2 Å². The first kappa shape index (κ1) is 31.5. The lowest BCUT2D eigenvalue weighted by Gasteiger charge is -2.37. The summed E-state index contributed by atoms with van der Waals surface area (Å²) in [6, 6.07) is 29.7. The topological polar surface area (TPSA) is 51.8 Å². The third-order valence-electron chi connectivity index (χ3n) is 6.23. The Bertz CT molecular complexity index is 1130. The van der Waals surface area contributed by atoms with Crippen molar-refractivity contribution < 1.29 is 13.8 Å². The van der Waals surface area contributed by atoms with E-state index < -0.39 is 12.2 Å². The maximum atomic E-state index is 6.14. The third kappa shape index (κ3) is 9.24. The number of rotatable bonds is 15. The number of unbranched alkanes of at least 4 members (excludes halogenated alkanes) is 2. The largest absolute Gasteiger partial charge is 0.497 e. The molecule has 0 saturated carbocycles. The predicted molar refractivity (Wildman–Crippen MR) is 167 cm³/mol. The molecule has 0 fully saturated rings. The van der Waals surface area contributed by atoms with Crippen LogP contribution in [0.25, 0.3) is 0 Å². The minimum Gasteiger partial charge on any atom is -0.497 e. The fraction of sp³-hybridized carbons (Fsp3) is 0.438. The summed E-state index contributed by atoms with van der Waals surface area (Å²) in [6.07, 6.45) is 3.07. The maximum Gasteiger partial charge on any atom is 0.261 e. The molecule has 1 atom stereocenters. The van der Waals surface area contributed by atoms with Gasteiger partial charge >= 0.3 is 0 Å². The summed E-state index contributed by atoms with van der Waals surface area (Å²) >= 11 is 5.79. The van der Waals surface area contributed by atoms with Gasteiger partial charge in [-0.25, -0.2) is 5.09 Å². The Morgan fingerprint density at radius 1 is 0.744 bits per heavy atom. The second-order valence-electron chi connectivity index (χ2n) is 11.0. The second-order valence-corrected chi connectivity index (χ2v) is 14.1. The molecule has 3 rings (SSSR count). The van der Waals surface area contributed by atoms with Crippen LogP contribution in [0, 0.1) is 0 Å². The van der Waals surface area contributed by atoms with E-state index in [4.69, 9.17) is 25.6 Å². The molecule has 3 aromatic carbocycles. The molecule has 0 aliphatic carbocycles. The standard InChI is InChI=1S/C32H45N2O3PS/c1-26(2)36-38(39,37-31(3,4)5)34-25-15-9-14-24-33-32(27-16-10-7-11-17-27,28-18-12-8-13-19-28)29-20-22-30(35-6)23-21-29/h7-8,10-13,16-23,26,33H,9,14-15,24-25H2,1-6H3,(H,34,39). The van der Waals surface area contributed by atoms with Crippen molar-refractivity contribution in [3.05, 3.63) is 102 Å². The van der Waals surface area contributed by atoms with Gasteiger partial charge in [-0.15, -0.1) is 0 Å². The Balaban J connectivity index is 1.72. The van der Waals surface area contributed by atoms with Crippen molar-refractivity contribution in [2.45, 2.75) is 71.1 Å². The zero-order valence-electron chi connectivity index (χ0n) is 24.3. The van der Waals surface area contributed by atoms with E-state index in [0.717, 1.165) is 38.1 Å². The summed E-state index contributed by atoms with van der Waals surface area (Å²) in [4.78, 5) is 0. The van der Waals surface area contributed by atoms with Crippen LogP contribution in [0.4, 0.5) is 0 Å². The van der Waals surface area contributed by atoms with Crippen LogP contribution in [0.5, 0.6) is 5.75 Å². The van der Waals surface area contributed by atoms with Crippen LogP contribution in [0.2, 0.25) is 0 Å². The van der Waals surface area contributed by atoms with Crippen molar-refractivity contribution in [3.63, 3.8) is 0 Å². The molecule has 0 aliphatic rings. The minimum atomic E-state index is -2.55. The van der Waals surface area contributed by atoms with E-state index in [0.29, 0.717) is 0 Å². The van der Waals surface area contributed by atoms with Crippen LogP contribution < -0.4 is 15.1 Å². The molecule has 2 N–H and O–H groups in total. The summed E-state index contributed by atoms with van der Waals surface area (Å²) in [6.45, 7) is 9.10. The molecule has 39 heavy (non-hydrogen) atoms. The Morgan fingerprint density at radius 3 is 1.74 bits per heavy atom. The van der Waals surface area contributed by atoms with Gasteiger partial charge in [0.1, 0.15) is 5.75 Å². The summed E-state index contributed by atoms with van der Waals surface area (Å²) in [5.41, 5.74) is 2.73. The quantitative estimate of drug-likeness (QED) is 0.111. The number of methoxy groups -OCH3 is 1. The Morgan fingerprint density at radius 2 is 1.26 bits per heavy atom. The number of ether oxygens (including phenoxy) is 1. The molecule has 0 aromatic heterocycles. The Hall–Kier alpha value is -2.05. The SMILES string of the molecule is COc1ccc(C(NCCCCCNP(=S)(OC(C)C)OC(C)(C)C)(c2ccccc2)c2ccccc2)cc1. The van der Waals surface area contributed by atoms with E-state index in [1.807, 2.05) is 46.8 Å². The van der Waals surface area contributed by atoms with E-state index >= 15 is 0 Å². The average Bonchev–Trinajstić information content (AvgIpc) is 2.90. The molecule has 0 heterocycles. The molecule has 0 aliphatic heterocycles. The number of hydrogen-bond donors (Lipinski definition) is 2. The monoisotopic (exact) mass is 568 g/mol. The van der Waals surface area contributed by atoms with Crippen LogP contribution in [0.3, 0.4) is 0 Å².